The third kappa shape index (κ3) is 3.68. The van der Waals surface area contributed by atoms with Gasteiger partial charge in [-0.3, -0.25) is 0 Å². The lowest BCUT2D eigenvalue weighted by Crippen LogP contribution is -2.41. The fourth-order valence-electron chi connectivity index (χ4n) is 4.11. The zero-order valence-electron chi connectivity index (χ0n) is 16.1. The molecule has 29 heavy (non-hydrogen) atoms. The molecule has 1 aromatic heterocycles. The third-order valence-electron chi connectivity index (χ3n) is 5.70. The van der Waals surface area contributed by atoms with Gasteiger partial charge in [-0.05, 0) is 55.3 Å². The van der Waals surface area contributed by atoms with Gasteiger partial charge in [0.05, 0.1) is 16.1 Å². The predicted octanol–water partition coefficient (Wildman–Crippen LogP) is 5.75. The summed E-state index contributed by atoms with van der Waals surface area (Å²) in [5.41, 5.74) is 4.13. The van der Waals surface area contributed by atoms with Gasteiger partial charge in [0.1, 0.15) is 5.82 Å². The van der Waals surface area contributed by atoms with Crippen molar-refractivity contribution in [1.82, 2.24) is 14.9 Å². The Bertz CT molecular complexity index is 1050. The Morgan fingerprint density at radius 3 is 2.45 bits per heavy atom. The van der Waals surface area contributed by atoms with Crippen LogP contribution in [0.3, 0.4) is 0 Å². The van der Waals surface area contributed by atoms with Crippen LogP contribution in [-0.4, -0.2) is 34.0 Å². The maximum Gasteiger partial charge on any atom is 0.140 e. The van der Waals surface area contributed by atoms with Crippen molar-refractivity contribution in [1.29, 1.82) is 0 Å². The van der Waals surface area contributed by atoms with E-state index in [2.05, 4.69) is 63.6 Å². The molecule has 0 unspecified atom stereocenters. The van der Waals surface area contributed by atoms with Gasteiger partial charge in [0.25, 0.3) is 0 Å². The molecule has 5 heteroatoms. The SMILES string of the molecule is Clc1ccc(N2CCC(N3C=CC=CC=C3)CC2)cc1-c1nc2ccccc2[nH]1. The van der Waals surface area contributed by atoms with Gasteiger partial charge in [0, 0.05) is 42.8 Å². The number of imidazole rings is 1. The number of hydrogen-bond acceptors (Lipinski definition) is 3. The number of nitrogens with one attached hydrogen (secondary N) is 1. The van der Waals surface area contributed by atoms with E-state index in [1.54, 1.807) is 0 Å². The summed E-state index contributed by atoms with van der Waals surface area (Å²) in [4.78, 5) is 12.9. The van der Waals surface area contributed by atoms with Crippen LogP contribution in [0.4, 0.5) is 5.69 Å². The predicted molar refractivity (Wildman–Crippen MR) is 121 cm³/mol. The maximum absolute atomic E-state index is 6.53. The maximum atomic E-state index is 6.53. The number of aromatic amines is 1. The van der Waals surface area contributed by atoms with Gasteiger partial charge >= 0.3 is 0 Å². The smallest absolute Gasteiger partial charge is 0.140 e. The van der Waals surface area contributed by atoms with Crippen molar-refractivity contribution in [3.63, 3.8) is 0 Å². The van der Waals surface area contributed by atoms with E-state index in [1.807, 2.05) is 30.3 Å². The van der Waals surface area contributed by atoms with Crippen LogP contribution in [0.25, 0.3) is 22.4 Å². The highest BCUT2D eigenvalue weighted by Crippen LogP contribution is 2.33. The molecule has 0 spiro atoms. The second-order valence-electron chi connectivity index (χ2n) is 7.50. The molecule has 2 aromatic carbocycles. The summed E-state index contributed by atoms with van der Waals surface area (Å²) in [5, 5.41) is 0.718. The van der Waals surface area contributed by atoms with Crippen LogP contribution < -0.4 is 4.90 Å². The Kier molecular flexibility index (Phi) is 4.86. The molecule has 146 valence electrons. The van der Waals surface area contributed by atoms with Crippen LogP contribution in [0, 0.1) is 0 Å². The minimum absolute atomic E-state index is 0.542. The number of H-pyrrole nitrogens is 1. The Morgan fingerprint density at radius 1 is 0.931 bits per heavy atom. The average Bonchev–Trinajstić information content (AvgIpc) is 3.00. The van der Waals surface area contributed by atoms with Crippen molar-refractivity contribution in [2.75, 3.05) is 18.0 Å². The number of aromatic nitrogens is 2. The van der Waals surface area contributed by atoms with E-state index < -0.39 is 0 Å². The monoisotopic (exact) mass is 402 g/mol. The molecule has 4 nitrogen and oxygen atoms in total. The van der Waals surface area contributed by atoms with Gasteiger partial charge in [0.15, 0.2) is 0 Å². The van der Waals surface area contributed by atoms with E-state index in [1.165, 1.54) is 5.69 Å². The first-order valence-corrected chi connectivity index (χ1v) is 10.4. The second-order valence-corrected chi connectivity index (χ2v) is 7.91. The molecule has 1 saturated heterocycles. The Hall–Kier alpha value is -2.98. The van der Waals surface area contributed by atoms with Crippen LogP contribution in [0.15, 0.2) is 79.2 Å². The third-order valence-corrected chi connectivity index (χ3v) is 6.03. The molecular formula is C24H23ClN4. The minimum Gasteiger partial charge on any atom is -0.371 e. The minimum atomic E-state index is 0.542. The van der Waals surface area contributed by atoms with Gasteiger partial charge in [0.2, 0.25) is 0 Å². The number of para-hydroxylation sites is 2. The Morgan fingerprint density at radius 2 is 1.69 bits per heavy atom. The van der Waals surface area contributed by atoms with Crippen LogP contribution in [-0.2, 0) is 0 Å². The number of hydrogen-bond donors (Lipinski definition) is 1. The number of rotatable bonds is 3. The first-order valence-electron chi connectivity index (χ1n) is 10.1. The van der Waals surface area contributed by atoms with Gasteiger partial charge < -0.3 is 14.8 Å². The zero-order valence-corrected chi connectivity index (χ0v) is 16.9. The number of piperidine rings is 1. The summed E-state index contributed by atoms with van der Waals surface area (Å²) in [6.45, 7) is 2.05. The van der Waals surface area contributed by atoms with E-state index in [-0.39, 0.29) is 0 Å². The molecular weight excluding hydrogens is 380 g/mol. The average molecular weight is 403 g/mol. The summed E-state index contributed by atoms with van der Waals surface area (Å²) in [6, 6.07) is 14.9. The lowest BCUT2D eigenvalue weighted by Gasteiger charge is -2.37. The Balaban J connectivity index is 1.35. The van der Waals surface area contributed by atoms with Crippen molar-refractivity contribution >= 4 is 28.3 Å². The molecule has 5 rings (SSSR count). The molecule has 3 aromatic rings. The van der Waals surface area contributed by atoms with Gasteiger partial charge in [-0.25, -0.2) is 4.98 Å². The number of allylic oxidation sites excluding steroid dienone is 4. The van der Waals surface area contributed by atoms with Crippen LogP contribution in [0.5, 0.6) is 0 Å². The number of halogens is 1. The van der Waals surface area contributed by atoms with E-state index in [0.717, 1.165) is 53.4 Å². The van der Waals surface area contributed by atoms with Crippen molar-refractivity contribution in [2.24, 2.45) is 0 Å². The highest BCUT2D eigenvalue weighted by Gasteiger charge is 2.23. The topological polar surface area (TPSA) is 35.2 Å². The lowest BCUT2D eigenvalue weighted by atomic mass is 10.0. The van der Waals surface area contributed by atoms with Crippen molar-refractivity contribution in [2.45, 2.75) is 18.9 Å². The van der Waals surface area contributed by atoms with Crippen molar-refractivity contribution in [3.8, 4) is 11.4 Å². The molecule has 0 saturated carbocycles. The molecule has 0 aliphatic carbocycles. The Labute approximate surface area is 175 Å². The van der Waals surface area contributed by atoms with E-state index in [0.29, 0.717) is 6.04 Å². The first kappa shape index (κ1) is 18.1. The molecule has 1 N–H and O–H groups in total. The number of benzene rings is 2. The molecule has 0 bridgehead atoms. The highest BCUT2D eigenvalue weighted by molar-refractivity contribution is 6.33. The summed E-state index contributed by atoms with van der Waals surface area (Å²) < 4.78 is 0. The summed E-state index contributed by atoms with van der Waals surface area (Å²) in [6.07, 6.45) is 14.9. The molecule has 3 heterocycles. The van der Waals surface area contributed by atoms with E-state index in [9.17, 15) is 0 Å². The van der Waals surface area contributed by atoms with Crippen molar-refractivity contribution < 1.29 is 0 Å². The van der Waals surface area contributed by atoms with Crippen LogP contribution in [0.1, 0.15) is 12.8 Å². The van der Waals surface area contributed by atoms with E-state index >= 15 is 0 Å². The fraction of sp³-hybridized carbons (Fsp3) is 0.208. The summed E-state index contributed by atoms with van der Waals surface area (Å²) in [5.74, 6) is 0.820. The van der Waals surface area contributed by atoms with Gasteiger partial charge in [-0.15, -0.1) is 0 Å². The zero-order chi connectivity index (χ0) is 19.6. The summed E-state index contributed by atoms with van der Waals surface area (Å²) >= 11 is 6.53. The second kappa shape index (κ2) is 7.80. The van der Waals surface area contributed by atoms with Gasteiger partial charge in [-0.2, -0.15) is 0 Å². The van der Waals surface area contributed by atoms with Crippen LogP contribution in [0.2, 0.25) is 5.02 Å². The van der Waals surface area contributed by atoms with Crippen molar-refractivity contribution in [3.05, 3.63) is 84.2 Å². The quantitative estimate of drug-likeness (QED) is 0.605. The number of fused-ring (bicyclic) bond motifs is 1. The fourth-order valence-corrected chi connectivity index (χ4v) is 4.32. The largest absolute Gasteiger partial charge is 0.371 e. The standard InChI is InChI=1S/C24H23ClN4/c25-21-10-9-19(17-20(21)24-26-22-7-3-4-8-23(22)27-24)29-15-11-18(12-16-29)28-13-5-1-2-6-14-28/h1-10,13-14,17-18H,11-12,15-16H2,(H,26,27). The first-order chi connectivity index (χ1) is 14.3. The van der Waals surface area contributed by atoms with Crippen LogP contribution >= 0.6 is 11.6 Å². The molecule has 2 aliphatic rings. The molecule has 1 fully saturated rings. The van der Waals surface area contributed by atoms with E-state index in [4.69, 9.17) is 16.6 Å². The number of anilines is 1. The van der Waals surface area contributed by atoms with Gasteiger partial charge in [-0.1, -0.05) is 35.9 Å². The molecule has 0 amide bonds. The summed E-state index contributed by atoms with van der Waals surface area (Å²) in [7, 11) is 0. The highest BCUT2D eigenvalue weighted by atomic mass is 35.5. The normalized spacial score (nSPS) is 17.3. The number of nitrogens with zero attached hydrogens (tertiary/aromatic N) is 3. The molecule has 2 aliphatic heterocycles. The molecule has 0 atom stereocenters. The molecule has 0 radical (unpaired) electrons. The lowest BCUT2D eigenvalue weighted by molar-refractivity contribution is 0.305.